The standard InChI is InChI=1S/C22H26FN3O2/c1-16-8-9-20(17(2)14-16)26(18(3)27)15-22(28)25-12-10-24(11-13-25)21-7-5-4-6-19(21)23/h4-9,14H,10-13,15H2,1-3H3. The Balaban J connectivity index is 1.65. The van der Waals surface area contributed by atoms with Crippen LogP contribution >= 0.6 is 0 Å². The number of rotatable bonds is 4. The molecule has 0 unspecified atom stereocenters. The zero-order valence-corrected chi connectivity index (χ0v) is 16.6. The van der Waals surface area contributed by atoms with Crippen LogP contribution in [0.3, 0.4) is 0 Å². The number of hydrogen-bond donors (Lipinski definition) is 0. The normalized spacial score (nSPS) is 14.1. The third kappa shape index (κ3) is 4.32. The van der Waals surface area contributed by atoms with E-state index in [-0.39, 0.29) is 24.2 Å². The second-order valence-electron chi connectivity index (χ2n) is 7.21. The molecule has 148 valence electrons. The van der Waals surface area contributed by atoms with Gasteiger partial charge in [0.1, 0.15) is 12.4 Å². The van der Waals surface area contributed by atoms with Crippen LogP contribution in [0.15, 0.2) is 42.5 Å². The molecular weight excluding hydrogens is 357 g/mol. The molecule has 1 aliphatic heterocycles. The lowest BCUT2D eigenvalue weighted by molar-refractivity contribution is -0.131. The predicted octanol–water partition coefficient (Wildman–Crippen LogP) is 3.14. The van der Waals surface area contributed by atoms with Gasteiger partial charge in [-0.25, -0.2) is 4.39 Å². The monoisotopic (exact) mass is 383 g/mol. The van der Waals surface area contributed by atoms with Crippen LogP contribution < -0.4 is 9.80 Å². The van der Waals surface area contributed by atoms with Crippen LogP contribution in [0.25, 0.3) is 0 Å². The first kappa shape index (κ1) is 19.9. The van der Waals surface area contributed by atoms with Crippen molar-refractivity contribution in [3.8, 4) is 0 Å². The molecule has 0 bridgehead atoms. The first-order chi connectivity index (χ1) is 13.4. The number of carbonyl (C=O) groups is 2. The fraction of sp³-hybridized carbons (Fsp3) is 0.364. The van der Waals surface area contributed by atoms with Crippen molar-refractivity contribution in [3.05, 3.63) is 59.4 Å². The summed E-state index contributed by atoms with van der Waals surface area (Å²) in [5.74, 6) is -0.506. The van der Waals surface area contributed by atoms with E-state index >= 15 is 0 Å². The smallest absolute Gasteiger partial charge is 0.242 e. The Kier molecular flexibility index (Phi) is 5.97. The molecule has 0 atom stereocenters. The number of benzene rings is 2. The summed E-state index contributed by atoms with van der Waals surface area (Å²) in [4.78, 5) is 30.2. The van der Waals surface area contributed by atoms with Crippen LogP contribution in [-0.4, -0.2) is 49.4 Å². The van der Waals surface area contributed by atoms with Gasteiger partial charge in [-0.05, 0) is 37.6 Å². The third-order valence-corrected chi connectivity index (χ3v) is 5.14. The SMILES string of the molecule is CC(=O)N(CC(=O)N1CCN(c2ccccc2F)CC1)c1ccc(C)cc1C. The molecule has 2 aromatic rings. The van der Waals surface area contributed by atoms with E-state index < -0.39 is 0 Å². The van der Waals surface area contributed by atoms with Crippen molar-refractivity contribution in [2.24, 2.45) is 0 Å². The van der Waals surface area contributed by atoms with E-state index in [9.17, 15) is 14.0 Å². The zero-order chi connectivity index (χ0) is 20.3. The number of para-hydroxylation sites is 1. The number of aryl methyl sites for hydroxylation is 2. The van der Waals surface area contributed by atoms with Crippen LogP contribution in [0.5, 0.6) is 0 Å². The fourth-order valence-corrected chi connectivity index (χ4v) is 3.61. The molecule has 0 saturated carbocycles. The lowest BCUT2D eigenvalue weighted by Crippen LogP contribution is -2.52. The second kappa shape index (κ2) is 8.42. The third-order valence-electron chi connectivity index (χ3n) is 5.14. The summed E-state index contributed by atoms with van der Waals surface area (Å²) in [7, 11) is 0. The molecule has 1 fully saturated rings. The van der Waals surface area contributed by atoms with Crippen LogP contribution in [0.1, 0.15) is 18.1 Å². The molecule has 3 rings (SSSR count). The minimum atomic E-state index is -0.250. The highest BCUT2D eigenvalue weighted by Gasteiger charge is 2.25. The Bertz CT molecular complexity index is 876. The Labute approximate surface area is 165 Å². The number of anilines is 2. The van der Waals surface area contributed by atoms with Crippen molar-refractivity contribution in [1.29, 1.82) is 0 Å². The molecule has 1 saturated heterocycles. The van der Waals surface area contributed by atoms with Gasteiger partial charge in [0.15, 0.2) is 0 Å². The predicted molar refractivity (Wildman–Crippen MR) is 109 cm³/mol. The highest BCUT2D eigenvalue weighted by molar-refractivity contribution is 5.98. The summed E-state index contributed by atoms with van der Waals surface area (Å²) >= 11 is 0. The van der Waals surface area contributed by atoms with Gasteiger partial charge in [0.25, 0.3) is 0 Å². The number of nitrogens with zero attached hydrogens (tertiary/aromatic N) is 3. The summed E-state index contributed by atoms with van der Waals surface area (Å²) < 4.78 is 14.0. The maximum Gasteiger partial charge on any atom is 0.242 e. The molecule has 28 heavy (non-hydrogen) atoms. The number of halogens is 1. The minimum Gasteiger partial charge on any atom is -0.366 e. The lowest BCUT2D eigenvalue weighted by atomic mass is 10.1. The molecule has 0 radical (unpaired) electrons. The lowest BCUT2D eigenvalue weighted by Gasteiger charge is -2.37. The van der Waals surface area contributed by atoms with Gasteiger partial charge in [-0.2, -0.15) is 0 Å². The summed E-state index contributed by atoms with van der Waals surface area (Å²) in [6.45, 7) is 7.57. The van der Waals surface area contributed by atoms with Gasteiger partial charge < -0.3 is 14.7 Å². The van der Waals surface area contributed by atoms with E-state index in [1.54, 1.807) is 17.0 Å². The van der Waals surface area contributed by atoms with Gasteiger partial charge in [-0.3, -0.25) is 9.59 Å². The van der Waals surface area contributed by atoms with Gasteiger partial charge >= 0.3 is 0 Å². The summed E-state index contributed by atoms with van der Waals surface area (Å²) in [5.41, 5.74) is 3.40. The van der Waals surface area contributed by atoms with Gasteiger partial charge in [-0.15, -0.1) is 0 Å². The van der Waals surface area contributed by atoms with Crippen LogP contribution in [0, 0.1) is 19.7 Å². The zero-order valence-electron chi connectivity index (χ0n) is 16.6. The van der Waals surface area contributed by atoms with Crippen molar-refractivity contribution in [2.75, 3.05) is 42.5 Å². The number of amides is 2. The Morgan fingerprint density at radius 3 is 2.32 bits per heavy atom. The second-order valence-corrected chi connectivity index (χ2v) is 7.21. The Morgan fingerprint density at radius 2 is 1.71 bits per heavy atom. The van der Waals surface area contributed by atoms with Crippen LogP contribution in [0.4, 0.5) is 15.8 Å². The molecule has 2 aromatic carbocycles. The van der Waals surface area contributed by atoms with Gasteiger partial charge in [0.05, 0.1) is 5.69 Å². The Hall–Kier alpha value is -2.89. The van der Waals surface area contributed by atoms with Gasteiger partial charge in [-0.1, -0.05) is 29.8 Å². The average Bonchev–Trinajstić information content (AvgIpc) is 2.67. The highest BCUT2D eigenvalue weighted by Crippen LogP contribution is 2.23. The topological polar surface area (TPSA) is 43.9 Å². The number of piperazine rings is 1. The first-order valence-corrected chi connectivity index (χ1v) is 9.49. The summed E-state index contributed by atoms with van der Waals surface area (Å²) in [6, 6.07) is 12.5. The molecule has 1 aliphatic rings. The van der Waals surface area contributed by atoms with Crippen molar-refractivity contribution in [1.82, 2.24) is 4.90 Å². The molecular formula is C22H26FN3O2. The van der Waals surface area contributed by atoms with E-state index in [4.69, 9.17) is 0 Å². The van der Waals surface area contributed by atoms with Gasteiger partial charge in [0.2, 0.25) is 11.8 Å². The van der Waals surface area contributed by atoms with E-state index in [1.165, 1.54) is 17.9 Å². The Morgan fingerprint density at radius 1 is 1.04 bits per heavy atom. The largest absolute Gasteiger partial charge is 0.366 e. The number of carbonyl (C=O) groups excluding carboxylic acids is 2. The molecule has 2 amide bonds. The van der Waals surface area contributed by atoms with Crippen molar-refractivity contribution in [3.63, 3.8) is 0 Å². The quantitative estimate of drug-likeness (QED) is 0.815. The fourth-order valence-electron chi connectivity index (χ4n) is 3.61. The van der Waals surface area contributed by atoms with Crippen molar-refractivity contribution >= 4 is 23.2 Å². The first-order valence-electron chi connectivity index (χ1n) is 9.49. The molecule has 0 aromatic heterocycles. The van der Waals surface area contributed by atoms with E-state index in [2.05, 4.69) is 0 Å². The maximum atomic E-state index is 14.0. The maximum absolute atomic E-state index is 14.0. The van der Waals surface area contributed by atoms with Gasteiger partial charge in [0, 0.05) is 38.8 Å². The molecule has 6 heteroatoms. The molecule has 0 spiro atoms. The highest BCUT2D eigenvalue weighted by atomic mass is 19.1. The van der Waals surface area contributed by atoms with E-state index in [0.717, 1.165) is 16.8 Å². The molecule has 0 N–H and O–H groups in total. The van der Waals surface area contributed by atoms with E-state index in [1.807, 2.05) is 43.0 Å². The van der Waals surface area contributed by atoms with Crippen LogP contribution in [-0.2, 0) is 9.59 Å². The minimum absolute atomic E-state index is 0.0128. The van der Waals surface area contributed by atoms with Crippen LogP contribution in [0.2, 0.25) is 0 Å². The molecule has 1 heterocycles. The van der Waals surface area contributed by atoms with E-state index in [0.29, 0.717) is 31.9 Å². The van der Waals surface area contributed by atoms with Crippen molar-refractivity contribution < 1.29 is 14.0 Å². The summed E-state index contributed by atoms with van der Waals surface area (Å²) in [6.07, 6.45) is 0. The molecule has 0 aliphatic carbocycles. The van der Waals surface area contributed by atoms with Crippen molar-refractivity contribution in [2.45, 2.75) is 20.8 Å². The number of hydrogen-bond acceptors (Lipinski definition) is 3. The molecule has 5 nitrogen and oxygen atoms in total. The average molecular weight is 383 g/mol. The summed E-state index contributed by atoms with van der Waals surface area (Å²) in [5, 5.41) is 0.